The molecule has 0 unspecified atom stereocenters. The Kier molecular flexibility index (Phi) is 4.76. The van der Waals surface area contributed by atoms with Gasteiger partial charge in [-0.3, -0.25) is 4.98 Å². The van der Waals surface area contributed by atoms with E-state index in [9.17, 15) is 0 Å². The molecule has 4 aromatic rings. The molecule has 1 aliphatic rings. The minimum atomic E-state index is 0. The standard InChI is InChI=1S/C27H24N.Ir/c1-16-10-15-22-25-23(16)20-8-6-7-9-21(20)24(25)17(2)26(28-22)18-11-13-19(14-12-18)27(3,4)5;/h6-11,13-15H,1-5H3;/q-1;. The van der Waals surface area contributed by atoms with E-state index in [-0.39, 0.29) is 25.5 Å². The maximum absolute atomic E-state index is 5.09. The van der Waals surface area contributed by atoms with Gasteiger partial charge in [0.15, 0.2) is 0 Å². The maximum atomic E-state index is 5.09. The van der Waals surface area contributed by atoms with Crippen LogP contribution in [0.25, 0.3) is 44.4 Å². The van der Waals surface area contributed by atoms with Crippen LogP contribution in [0.4, 0.5) is 0 Å². The van der Waals surface area contributed by atoms with E-state index in [0.29, 0.717) is 0 Å². The number of fused-ring (bicyclic) bond motifs is 3. The third-order valence-corrected chi connectivity index (χ3v) is 6.00. The zero-order valence-corrected chi connectivity index (χ0v) is 19.9. The van der Waals surface area contributed by atoms with Crippen molar-refractivity contribution in [2.75, 3.05) is 0 Å². The number of nitrogens with zero attached hydrogens (tertiary/aromatic N) is 1. The van der Waals surface area contributed by atoms with Crippen LogP contribution in [0.1, 0.15) is 37.5 Å². The SMILES string of the molecule is Cc1ccc2nc(-c3[c-]cc(C(C)(C)C)cc3)c(C)c3c2c1-c1ccccc1-3.[Ir]. The summed E-state index contributed by atoms with van der Waals surface area (Å²) in [6.07, 6.45) is 0. The molecule has 0 bridgehead atoms. The number of rotatable bonds is 1. The second kappa shape index (κ2) is 6.90. The Morgan fingerprint density at radius 2 is 1.52 bits per heavy atom. The van der Waals surface area contributed by atoms with E-state index in [0.717, 1.165) is 16.8 Å². The number of aromatic nitrogens is 1. The minimum absolute atomic E-state index is 0. The van der Waals surface area contributed by atoms with Crippen molar-refractivity contribution in [1.82, 2.24) is 4.98 Å². The van der Waals surface area contributed by atoms with E-state index in [1.807, 2.05) is 0 Å². The van der Waals surface area contributed by atoms with E-state index >= 15 is 0 Å². The molecule has 147 valence electrons. The van der Waals surface area contributed by atoms with Crippen LogP contribution in [0.5, 0.6) is 0 Å². The van der Waals surface area contributed by atoms with Gasteiger partial charge in [0.2, 0.25) is 0 Å². The normalized spacial score (nSPS) is 12.0. The summed E-state index contributed by atoms with van der Waals surface area (Å²) < 4.78 is 0. The van der Waals surface area contributed by atoms with Crippen molar-refractivity contribution < 1.29 is 20.1 Å². The van der Waals surface area contributed by atoms with Gasteiger partial charge in [-0.15, -0.1) is 35.4 Å². The first-order valence-electron chi connectivity index (χ1n) is 9.92. The fourth-order valence-corrected chi connectivity index (χ4v) is 4.46. The summed E-state index contributed by atoms with van der Waals surface area (Å²) in [6.45, 7) is 11.1. The quantitative estimate of drug-likeness (QED) is 0.199. The van der Waals surface area contributed by atoms with E-state index < -0.39 is 0 Å². The van der Waals surface area contributed by atoms with Crippen LogP contribution in [0.2, 0.25) is 0 Å². The van der Waals surface area contributed by atoms with Crippen molar-refractivity contribution in [3.63, 3.8) is 0 Å². The second-order valence-corrected chi connectivity index (χ2v) is 8.90. The van der Waals surface area contributed by atoms with Crippen molar-refractivity contribution in [3.8, 4) is 33.5 Å². The van der Waals surface area contributed by atoms with Gasteiger partial charge in [0.1, 0.15) is 0 Å². The number of hydrogen-bond donors (Lipinski definition) is 0. The summed E-state index contributed by atoms with van der Waals surface area (Å²) in [5.74, 6) is 0. The van der Waals surface area contributed by atoms with Crippen LogP contribution in [0.3, 0.4) is 0 Å². The van der Waals surface area contributed by atoms with Crippen LogP contribution in [-0.2, 0) is 25.5 Å². The van der Waals surface area contributed by atoms with Crippen LogP contribution in [-0.4, -0.2) is 4.98 Å². The van der Waals surface area contributed by atoms with E-state index in [1.165, 1.54) is 44.3 Å². The molecule has 0 amide bonds. The molecule has 1 heterocycles. The van der Waals surface area contributed by atoms with Crippen LogP contribution >= 0.6 is 0 Å². The Labute approximate surface area is 186 Å². The Morgan fingerprint density at radius 1 is 0.828 bits per heavy atom. The molecule has 0 fully saturated rings. The van der Waals surface area contributed by atoms with Gasteiger partial charge in [-0.1, -0.05) is 56.7 Å². The first kappa shape index (κ1) is 20.0. The molecule has 0 saturated carbocycles. The molecule has 29 heavy (non-hydrogen) atoms. The average molecular weight is 555 g/mol. The molecule has 3 aromatic carbocycles. The number of aryl methyl sites for hydroxylation is 1. The molecule has 1 nitrogen and oxygen atoms in total. The van der Waals surface area contributed by atoms with Crippen molar-refractivity contribution in [3.05, 3.63) is 77.4 Å². The van der Waals surface area contributed by atoms with E-state index in [2.05, 4.69) is 95.3 Å². The van der Waals surface area contributed by atoms with Gasteiger partial charge in [-0.2, -0.15) is 0 Å². The van der Waals surface area contributed by atoms with Gasteiger partial charge in [0.25, 0.3) is 0 Å². The maximum Gasteiger partial charge on any atom is 0.0608 e. The van der Waals surface area contributed by atoms with Crippen molar-refractivity contribution >= 4 is 10.9 Å². The predicted octanol–water partition coefficient (Wildman–Crippen LogP) is 7.26. The summed E-state index contributed by atoms with van der Waals surface area (Å²) in [5, 5.41) is 1.30. The summed E-state index contributed by atoms with van der Waals surface area (Å²) >= 11 is 0. The Morgan fingerprint density at radius 3 is 2.14 bits per heavy atom. The van der Waals surface area contributed by atoms with Crippen molar-refractivity contribution in [2.45, 2.75) is 40.0 Å². The predicted molar refractivity (Wildman–Crippen MR) is 119 cm³/mol. The van der Waals surface area contributed by atoms with Crippen LogP contribution < -0.4 is 0 Å². The molecule has 2 heteroatoms. The number of pyridine rings is 1. The molecular weight excluding hydrogens is 531 g/mol. The molecule has 0 aliphatic heterocycles. The Balaban J connectivity index is 0.00000205. The second-order valence-electron chi connectivity index (χ2n) is 8.90. The van der Waals surface area contributed by atoms with Crippen LogP contribution in [0, 0.1) is 19.9 Å². The van der Waals surface area contributed by atoms with Crippen molar-refractivity contribution in [1.29, 1.82) is 0 Å². The van der Waals surface area contributed by atoms with E-state index in [4.69, 9.17) is 4.98 Å². The summed E-state index contributed by atoms with van der Waals surface area (Å²) in [6, 6.07) is 23.1. The van der Waals surface area contributed by atoms with Gasteiger partial charge < -0.3 is 0 Å². The summed E-state index contributed by atoms with van der Waals surface area (Å²) in [7, 11) is 0. The molecule has 1 aliphatic carbocycles. The third kappa shape index (κ3) is 2.98. The zero-order valence-electron chi connectivity index (χ0n) is 17.5. The number of benzene rings is 3. The first-order valence-corrected chi connectivity index (χ1v) is 9.92. The van der Waals surface area contributed by atoms with Crippen molar-refractivity contribution in [2.24, 2.45) is 0 Å². The molecule has 5 rings (SSSR count). The largest absolute Gasteiger partial charge is 0.296 e. The average Bonchev–Trinajstić information content (AvgIpc) is 3.03. The van der Waals surface area contributed by atoms with E-state index in [1.54, 1.807) is 0 Å². The van der Waals surface area contributed by atoms with Crippen LogP contribution in [0.15, 0.2) is 54.6 Å². The van der Waals surface area contributed by atoms with Gasteiger partial charge in [-0.05, 0) is 58.8 Å². The Bertz CT molecular complexity index is 1240. The summed E-state index contributed by atoms with van der Waals surface area (Å²) in [4.78, 5) is 5.09. The zero-order chi connectivity index (χ0) is 19.6. The molecule has 0 saturated heterocycles. The van der Waals surface area contributed by atoms with Gasteiger partial charge >= 0.3 is 0 Å². The molecule has 0 spiro atoms. The smallest absolute Gasteiger partial charge is 0.0608 e. The first-order chi connectivity index (χ1) is 13.4. The summed E-state index contributed by atoms with van der Waals surface area (Å²) in [5.41, 5.74) is 12.5. The number of hydrogen-bond acceptors (Lipinski definition) is 1. The fourth-order valence-electron chi connectivity index (χ4n) is 4.46. The molecule has 1 aromatic heterocycles. The minimum Gasteiger partial charge on any atom is -0.296 e. The monoisotopic (exact) mass is 555 g/mol. The third-order valence-electron chi connectivity index (χ3n) is 6.00. The molecular formula is C27H24IrN-. The van der Waals surface area contributed by atoms with Gasteiger partial charge in [0.05, 0.1) is 5.52 Å². The molecule has 0 N–H and O–H groups in total. The molecule has 1 radical (unpaired) electrons. The topological polar surface area (TPSA) is 12.9 Å². The van der Waals surface area contributed by atoms with Gasteiger partial charge in [0, 0.05) is 25.5 Å². The molecule has 0 atom stereocenters. The fraction of sp³-hybridized carbons (Fsp3) is 0.222. The van der Waals surface area contributed by atoms with Gasteiger partial charge in [-0.25, -0.2) is 0 Å². The Hall–Kier alpha value is -2.28.